The third-order valence-electron chi connectivity index (χ3n) is 3.01. The van der Waals surface area contributed by atoms with Gasteiger partial charge in [-0.2, -0.15) is 0 Å². The molecule has 0 spiro atoms. The summed E-state index contributed by atoms with van der Waals surface area (Å²) in [6.07, 6.45) is 0. The summed E-state index contributed by atoms with van der Waals surface area (Å²) < 4.78 is 1.04. The van der Waals surface area contributed by atoms with Crippen LogP contribution in [0, 0.1) is 0 Å². The Kier molecular flexibility index (Phi) is 2.45. The highest BCUT2D eigenvalue weighted by Crippen LogP contribution is 2.23. The second kappa shape index (κ2) is 4.13. The number of aromatic nitrogens is 2. The molecule has 1 aromatic heterocycles. The molecule has 19 heavy (non-hydrogen) atoms. The molecular formula is C14H12N4O. The maximum Gasteiger partial charge on any atom is 0.280 e. The van der Waals surface area contributed by atoms with Crippen molar-refractivity contribution in [3.05, 3.63) is 58.9 Å². The molecule has 0 bridgehead atoms. The fourth-order valence-electron chi connectivity index (χ4n) is 2.04. The van der Waals surface area contributed by atoms with Gasteiger partial charge < -0.3 is 11.6 Å². The van der Waals surface area contributed by atoms with Crippen LogP contribution < -0.4 is 17.1 Å². The first kappa shape index (κ1) is 11.3. The summed E-state index contributed by atoms with van der Waals surface area (Å²) >= 11 is 0. The third kappa shape index (κ3) is 1.72. The smallest absolute Gasteiger partial charge is 0.280 e. The predicted octanol–water partition coefficient (Wildman–Crippen LogP) is 1.36. The van der Waals surface area contributed by atoms with Crippen LogP contribution in [0.3, 0.4) is 0 Å². The van der Waals surface area contributed by atoms with E-state index in [9.17, 15) is 4.79 Å². The van der Waals surface area contributed by atoms with Gasteiger partial charge in [-0.05, 0) is 24.3 Å². The van der Waals surface area contributed by atoms with Crippen LogP contribution in [-0.2, 0) is 0 Å². The van der Waals surface area contributed by atoms with Crippen molar-refractivity contribution < 1.29 is 0 Å². The van der Waals surface area contributed by atoms with Gasteiger partial charge in [0.25, 0.3) is 5.56 Å². The molecule has 3 aromatic rings. The van der Waals surface area contributed by atoms with Gasteiger partial charge in [-0.25, -0.2) is 9.66 Å². The van der Waals surface area contributed by atoms with Gasteiger partial charge in [-0.15, -0.1) is 0 Å². The molecule has 5 nitrogen and oxygen atoms in total. The molecule has 0 aliphatic rings. The average Bonchev–Trinajstić information content (AvgIpc) is 2.44. The number of nitrogens with two attached hydrogens (primary N) is 2. The lowest BCUT2D eigenvalue weighted by molar-refractivity contribution is 0.927. The van der Waals surface area contributed by atoms with Crippen LogP contribution >= 0.6 is 0 Å². The Bertz CT molecular complexity index is 823. The highest BCUT2D eigenvalue weighted by molar-refractivity contribution is 5.81. The molecule has 0 unspecified atom stereocenters. The number of benzene rings is 2. The van der Waals surface area contributed by atoms with Crippen LogP contribution in [0.25, 0.3) is 22.3 Å². The number of para-hydroxylation sites is 2. The maximum atomic E-state index is 12.2. The molecule has 2 aromatic carbocycles. The quantitative estimate of drug-likeness (QED) is 0.505. The van der Waals surface area contributed by atoms with Crippen molar-refractivity contribution in [3.63, 3.8) is 0 Å². The van der Waals surface area contributed by atoms with Crippen molar-refractivity contribution in [2.45, 2.75) is 0 Å². The zero-order chi connectivity index (χ0) is 13.4. The van der Waals surface area contributed by atoms with E-state index >= 15 is 0 Å². The molecule has 3 rings (SSSR count). The average molecular weight is 252 g/mol. The number of nitrogen functional groups attached to an aromatic ring is 2. The fourth-order valence-corrected chi connectivity index (χ4v) is 2.04. The van der Waals surface area contributed by atoms with E-state index in [0.717, 1.165) is 4.68 Å². The van der Waals surface area contributed by atoms with Crippen LogP contribution in [0.15, 0.2) is 53.3 Å². The summed E-state index contributed by atoms with van der Waals surface area (Å²) in [4.78, 5) is 16.6. The van der Waals surface area contributed by atoms with Crippen LogP contribution in [0.4, 0.5) is 5.69 Å². The van der Waals surface area contributed by atoms with Gasteiger partial charge in [0.2, 0.25) is 0 Å². The Hall–Kier alpha value is -2.82. The lowest BCUT2D eigenvalue weighted by Crippen LogP contribution is -2.30. The molecular weight excluding hydrogens is 240 g/mol. The lowest BCUT2D eigenvalue weighted by atomic mass is 10.1. The highest BCUT2D eigenvalue weighted by Gasteiger charge is 2.12. The van der Waals surface area contributed by atoms with Crippen LogP contribution in [0.5, 0.6) is 0 Å². The van der Waals surface area contributed by atoms with E-state index < -0.39 is 0 Å². The second-order valence-corrected chi connectivity index (χ2v) is 4.21. The molecule has 0 aliphatic heterocycles. The number of anilines is 1. The van der Waals surface area contributed by atoms with Crippen molar-refractivity contribution in [2.24, 2.45) is 0 Å². The van der Waals surface area contributed by atoms with E-state index in [-0.39, 0.29) is 5.56 Å². The van der Waals surface area contributed by atoms with Gasteiger partial charge in [0.15, 0.2) is 5.82 Å². The molecule has 0 fully saturated rings. The van der Waals surface area contributed by atoms with E-state index in [4.69, 9.17) is 11.6 Å². The van der Waals surface area contributed by atoms with Crippen molar-refractivity contribution in [2.75, 3.05) is 11.6 Å². The Balaban J connectivity index is 2.40. The molecule has 0 saturated heterocycles. The monoisotopic (exact) mass is 252 g/mol. The highest BCUT2D eigenvalue weighted by atomic mass is 16.1. The van der Waals surface area contributed by atoms with Crippen molar-refractivity contribution in [3.8, 4) is 11.4 Å². The van der Waals surface area contributed by atoms with Crippen molar-refractivity contribution >= 4 is 16.6 Å². The van der Waals surface area contributed by atoms with Crippen LogP contribution in [0.1, 0.15) is 0 Å². The topological polar surface area (TPSA) is 86.9 Å². The summed E-state index contributed by atoms with van der Waals surface area (Å²) in [5.41, 5.74) is 7.40. The van der Waals surface area contributed by atoms with E-state index in [2.05, 4.69) is 4.98 Å². The minimum atomic E-state index is -0.288. The Morgan fingerprint density at radius 2 is 1.68 bits per heavy atom. The van der Waals surface area contributed by atoms with E-state index in [1.165, 1.54) is 0 Å². The van der Waals surface area contributed by atoms with Gasteiger partial charge in [0, 0.05) is 11.3 Å². The van der Waals surface area contributed by atoms with Gasteiger partial charge >= 0.3 is 0 Å². The molecule has 0 saturated carbocycles. The van der Waals surface area contributed by atoms with Gasteiger partial charge in [0.1, 0.15) is 0 Å². The number of rotatable bonds is 1. The summed E-state index contributed by atoms with van der Waals surface area (Å²) in [5, 5.41) is 0.489. The summed E-state index contributed by atoms with van der Waals surface area (Å²) in [7, 11) is 0. The van der Waals surface area contributed by atoms with Gasteiger partial charge in [-0.1, -0.05) is 24.3 Å². The summed E-state index contributed by atoms with van der Waals surface area (Å²) in [6.45, 7) is 0. The Morgan fingerprint density at radius 1 is 1.00 bits per heavy atom. The van der Waals surface area contributed by atoms with Gasteiger partial charge in [0.05, 0.1) is 10.9 Å². The molecule has 0 amide bonds. The van der Waals surface area contributed by atoms with Crippen LogP contribution in [0.2, 0.25) is 0 Å². The standard InChI is InChI=1S/C14H12N4O/c15-11-7-3-1-5-9(11)13-17-12-8-4-2-6-10(12)14(19)18(13)16/h1-8H,15-16H2. The van der Waals surface area contributed by atoms with Crippen LogP contribution in [-0.4, -0.2) is 9.66 Å². The predicted molar refractivity (Wildman–Crippen MR) is 76.0 cm³/mol. The maximum absolute atomic E-state index is 12.2. The lowest BCUT2D eigenvalue weighted by Gasteiger charge is -2.10. The zero-order valence-corrected chi connectivity index (χ0v) is 10.1. The van der Waals surface area contributed by atoms with Crippen molar-refractivity contribution in [1.82, 2.24) is 9.66 Å². The molecule has 0 atom stereocenters. The third-order valence-corrected chi connectivity index (χ3v) is 3.01. The Morgan fingerprint density at radius 3 is 2.47 bits per heavy atom. The number of hydrogen-bond acceptors (Lipinski definition) is 4. The molecule has 94 valence electrons. The largest absolute Gasteiger partial charge is 0.398 e. The number of hydrogen-bond donors (Lipinski definition) is 2. The fraction of sp³-hybridized carbons (Fsp3) is 0. The van der Waals surface area contributed by atoms with E-state index in [1.54, 1.807) is 30.3 Å². The summed E-state index contributed by atoms with van der Waals surface area (Å²) in [5.74, 6) is 6.20. The van der Waals surface area contributed by atoms with Crippen molar-refractivity contribution in [1.29, 1.82) is 0 Å². The van der Waals surface area contributed by atoms with Gasteiger partial charge in [-0.3, -0.25) is 4.79 Å². The van der Waals surface area contributed by atoms with E-state index in [1.807, 2.05) is 18.2 Å². The normalized spacial score (nSPS) is 10.7. The molecule has 0 aliphatic carbocycles. The molecule has 5 heteroatoms. The minimum absolute atomic E-state index is 0.288. The first-order valence-electron chi connectivity index (χ1n) is 5.80. The molecule has 4 N–H and O–H groups in total. The molecule has 0 radical (unpaired) electrons. The number of fused-ring (bicyclic) bond motifs is 1. The first-order valence-corrected chi connectivity index (χ1v) is 5.80. The summed E-state index contributed by atoms with van der Waals surface area (Å²) in [6, 6.07) is 14.3. The second-order valence-electron chi connectivity index (χ2n) is 4.21. The number of nitrogens with zero attached hydrogens (tertiary/aromatic N) is 2. The van der Waals surface area contributed by atoms with E-state index in [0.29, 0.717) is 28.0 Å². The Labute approximate surface area is 109 Å². The minimum Gasteiger partial charge on any atom is -0.398 e. The molecule has 1 heterocycles. The SMILES string of the molecule is Nc1ccccc1-c1nc2ccccc2c(=O)n1N. The zero-order valence-electron chi connectivity index (χ0n) is 10.1. The first-order chi connectivity index (χ1) is 9.18.